The molecule has 3 N–H and O–H groups in total. The van der Waals surface area contributed by atoms with Crippen molar-refractivity contribution in [2.45, 2.75) is 117 Å². The highest BCUT2D eigenvalue weighted by atomic mass is 16.5. The van der Waals surface area contributed by atoms with E-state index in [1.807, 2.05) is 0 Å². The van der Waals surface area contributed by atoms with Gasteiger partial charge in [0.15, 0.2) is 0 Å². The van der Waals surface area contributed by atoms with Crippen LogP contribution in [0.25, 0.3) is 0 Å². The van der Waals surface area contributed by atoms with Crippen LogP contribution in [0.4, 0.5) is 0 Å². The Balaban J connectivity index is 0.000000775. The fourth-order valence-electron chi connectivity index (χ4n) is 4.81. The molecule has 7 heteroatoms. The lowest BCUT2D eigenvalue weighted by Gasteiger charge is -2.22. The van der Waals surface area contributed by atoms with Gasteiger partial charge >= 0.3 is 11.9 Å². The van der Waals surface area contributed by atoms with E-state index < -0.39 is 5.97 Å². The lowest BCUT2D eigenvalue weighted by atomic mass is 10.1. The van der Waals surface area contributed by atoms with Gasteiger partial charge in [-0.3, -0.25) is 0 Å². The number of carbonyl (C=O) groups is 2. The zero-order valence-electron chi connectivity index (χ0n) is 26.8. The molecule has 0 spiro atoms. The molecule has 0 saturated heterocycles. The molecule has 0 fully saturated rings. The van der Waals surface area contributed by atoms with Crippen molar-refractivity contribution in [2.24, 2.45) is 0 Å². The minimum absolute atomic E-state index is 0.0741. The number of nitrogens with zero attached hydrogens (tertiary/aromatic N) is 1. The number of rotatable bonds is 23. The first-order valence-electron chi connectivity index (χ1n) is 16.6. The Bertz CT molecular complexity index is 945. The van der Waals surface area contributed by atoms with E-state index in [1.54, 1.807) is 12.1 Å². The van der Waals surface area contributed by atoms with E-state index >= 15 is 0 Å². The smallest absolute Gasteiger partial charge is 0.338 e. The van der Waals surface area contributed by atoms with Crippen LogP contribution >= 0.6 is 0 Å². The Hall–Kier alpha value is -3.06. The molecule has 0 radical (unpaired) electrons. The van der Waals surface area contributed by atoms with E-state index in [-0.39, 0.29) is 23.0 Å². The number of phenolic OH excluding ortho intramolecular Hbond substituents is 2. The number of unbranched alkanes of at least 4 members (excludes halogenated alkanes) is 13. The predicted octanol–water partition coefficient (Wildman–Crippen LogP) is 9.22. The molecule has 0 heterocycles. The summed E-state index contributed by atoms with van der Waals surface area (Å²) in [6.45, 7) is 8.75. The lowest BCUT2D eigenvalue weighted by molar-refractivity contribution is 0.0497. The Morgan fingerprint density at radius 3 is 1.35 bits per heavy atom. The maximum absolute atomic E-state index is 12.0. The predicted molar refractivity (Wildman–Crippen MR) is 175 cm³/mol. The van der Waals surface area contributed by atoms with Crippen LogP contribution in [0, 0.1) is 0 Å². The number of esters is 1. The third-order valence-electron chi connectivity index (χ3n) is 7.47. The molecule has 0 amide bonds. The fourth-order valence-corrected chi connectivity index (χ4v) is 4.81. The van der Waals surface area contributed by atoms with Crippen LogP contribution < -0.4 is 0 Å². The lowest BCUT2D eigenvalue weighted by Crippen LogP contribution is -2.27. The molecule has 0 aliphatic carbocycles. The molecule has 0 aromatic heterocycles. The van der Waals surface area contributed by atoms with Gasteiger partial charge in [0, 0.05) is 0 Å². The van der Waals surface area contributed by atoms with Gasteiger partial charge in [-0.25, -0.2) is 9.59 Å². The third kappa shape index (κ3) is 20.5. The molecule has 0 aliphatic heterocycles. The summed E-state index contributed by atoms with van der Waals surface area (Å²) in [7, 11) is 0. The average molecular weight is 600 g/mol. The molecule has 0 aliphatic rings. The van der Waals surface area contributed by atoms with E-state index in [1.165, 1.54) is 146 Å². The number of hydrogen-bond acceptors (Lipinski definition) is 6. The molecule has 7 nitrogen and oxygen atoms in total. The Morgan fingerprint density at radius 2 is 0.930 bits per heavy atom. The first-order valence-corrected chi connectivity index (χ1v) is 16.6. The quantitative estimate of drug-likeness (QED) is 0.0863. The number of carboxylic acid groups (broad SMARTS) is 1. The highest BCUT2D eigenvalue weighted by molar-refractivity contribution is 5.89. The second kappa shape index (κ2) is 25.4. The van der Waals surface area contributed by atoms with Crippen molar-refractivity contribution in [3.05, 3.63) is 59.7 Å². The molecule has 43 heavy (non-hydrogen) atoms. The van der Waals surface area contributed by atoms with Crippen molar-refractivity contribution in [3.63, 3.8) is 0 Å². The summed E-state index contributed by atoms with van der Waals surface area (Å²) in [6.07, 6.45) is 20.8. The maximum Gasteiger partial charge on any atom is 0.338 e. The molecule has 0 saturated carbocycles. The summed E-state index contributed by atoms with van der Waals surface area (Å²) in [5.74, 6) is -1.06. The average Bonchev–Trinajstić information content (AvgIpc) is 3.00. The highest BCUT2D eigenvalue weighted by Gasteiger charge is 2.07. The molecular weight excluding hydrogens is 542 g/mol. The summed E-state index contributed by atoms with van der Waals surface area (Å²) in [6, 6.07) is 11.6. The molecule has 0 atom stereocenters. The van der Waals surface area contributed by atoms with Crippen LogP contribution in [0.5, 0.6) is 11.5 Å². The molecule has 2 aromatic rings. The van der Waals surface area contributed by atoms with Crippen LogP contribution in [0.1, 0.15) is 137 Å². The van der Waals surface area contributed by atoms with Gasteiger partial charge in [0.25, 0.3) is 0 Å². The van der Waals surface area contributed by atoms with Crippen molar-refractivity contribution in [1.82, 2.24) is 4.90 Å². The van der Waals surface area contributed by atoms with Gasteiger partial charge < -0.3 is 25.0 Å². The van der Waals surface area contributed by atoms with E-state index in [9.17, 15) is 14.7 Å². The Kier molecular flexibility index (Phi) is 22.5. The second-order valence-corrected chi connectivity index (χ2v) is 11.3. The van der Waals surface area contributed by atoms with Gasteiger partial charge in [-0.1, -0.05) is 90.9 Å². The topological polar surface area (TPSA) is 107 Å². The van der Waals surface area contributed by atoms with Crippen molar-refractivity contribution < 1.29 is 29.6 Å². The zero-order chi connectivity index (χ0) is 31.5. The largest absolute Gasteiger partial charge is 0.508 e. The van der Waals surface area contributed by atoms with Gasteiger partial charge in [-0.15, -0.1) is 0 Å². The summed E-state index contributed by atoms with van der Waals surface area (Å²) in [4.78, 5) is 24.9. The number of hydrogen-bond donors (Lipinski definition) is 3. The molecule has 0 unspecified atom stereocenters. The standard InChI is InChI=1S/C29H51NO3.C7H6O3/c1-3-5-7-9-11-15-23-30(24-16-12-10-8-6-4-2)25-17-13-14-18-26-33-29(32)27-19-21-28(31)22-20-27;8-6-3-1-5(2-4-6)7(9)10/h19-22,31H,3-18,23-26H2,1-2H3;1-4,8H,(H,9,10). The number of carboxylic acids is 1. The van der Waals surface area contributed by atoms with Gasteiger partial charge in [-0.2, -0.15) is 0 Å². The molecule has 242 valence electrons. The number of benzene rings is 2. The number of carbonyl (C=O) groups excluding carboxylic acids is 1. The maximum atomic E-state index is 12.0. The Labute approximate surface area is 260 Å². The first kappa shape index (κ1) is 38.0. The van der Waals surface area contributed by atoms with Gasteiger partial charge in [-0.05, 0) is 93.8 Å². The number of aromatic hydroxyl groups is 2. The van der Waals surface area contributed by atoms with Crippen LogP contribution in [-0.4, -0.2) is 58.4 Å². The van der Waals surface area contributed by atoms with Crippen molar-refractivity contribution in [2.75, 3.05) is 26.2 Å². The number of aromatic carboxylic acids is 1. The monoisotopic (exact) mass is 599 g/mol. The molecule has 0 bridgehead atoms. The Morgan fingerprint density at radius 1 is 0.558 bits per heavy atom. The minimum atomic E-state index is -0.986. The van der Waals surface area contributed by atoms with E-state index in [0.29, 0.717) is 12.2 Å². The van der Waals surface area contributed by atoms with Gasteiger partial charge in [0.1, 0.15) is 11.5 Å². The summed E-state index contributed by atoms with van der Waals surface area (Å²) < 4.78 is 5.35. The van der Waals surface area contributed by atoms with Crippen molar-refractivity contribution in [1.29, 1.82) is 0 Å². The van der Waals surface area contributed by atoms with Crippen LogP contribution in [0.3, 0.4) is 0 Å². The van der Waals surface area contributed by atoms with E-state index in [4.69, 9.17) is 14.9 Å². The SMILES string of the molecule is CCCCCCCCN(CCCCCCCC)CCCCCCOC(=O)c1ccc(O)cc1.O=C(O)c1ccc(O)cc1. The summed E-state index contributed by atoms with van der Waals surface area (Å²) in [5, 5.41) is 26.4. The zero-order valence-corrected chi connectivity index (χ0v) is 26.8. The van der Waals surface area contributed by atoms with Crippen LogP contribution in [-0.2, 0) is 4.74 Å². The summed E-state index contributed by atoms with van der Waals surface area (Å²) in [5.41, 5.74) is 0.672. The minimum Gasteiger partial charge on any atom is -0.508 e. The number of phenols is 2. The number of ether oxygens (including phenoxy) is 1. The summed E-state index contributed by atoms with van der Waals surface area (Å²) >= 11 is 0. The second-order valence-electron chi connectivity index (χ2n) is 11.3. The first-order chi connectivity index (χ1) is 20.9. The van der Waals surface area contributed by atoms with E-state index in [2.05, 4.69) is 18.7 Å². The van der Waals surface area contributed by atoms with Gasteiger partial charge in [0.05, 0.1) is 17.7 Å². The van der Waals surface area contributed by atoms with Crippen molar-refractivity contribution in [3.8, 4) is 11.5 Å². The van der Waals surface area contributed by atoms with Crippen LogP contribution in [0.15, 0.2) is 48.5 Å². The highest BCUT2D eigenvalue weighted by Crippen LogP contribution is 2.13. The third-order valence-corrected chi connectivity index (χ3v) is 7.47. The molecule has 2 rings (SSSR count). The van der Waals surface area contributed by atoms with E-state index in [0.717, 1.165) is 12.8 Å². The normalized spacial score (nSPS) is 10.8. The molecule has 2 aromatic carbocycles. The molecular formula is C36H57NO6. The van der Waals surface area contributed by atoms with Crippen LogP contribution in [0.2, 0.25) is 0 Å². The van der Waals surface area contributed by atoms with Crippen molar-refractivity contribution >= 4 is 11.9 Å². The fraction of sp³-hybridized carbons (Fsp3) is 0.611. The van der Waals surface area contributed by atoms with Gasteiger partial charge in [0.2, 0.25) is 0 Å².